The van der Waals surface area contributed by atoms with Gasteiger partial charge in [0.15, 0.2) is 0 Å². The lowest BCUT2D eigenvalue weighted by molar-refractivity contribution is -0.0200. The molecule has 1 aromatic heterocycles. The molecule has 3 aromatic carbocycles. The first-order chi connectivity index (χ1) is 16.3. The Hall–Kier alpha value is -3.21. The van der Waals surface area contributed by atoms with Crippen molar-refractivity contribution in [2.45, 2.75) is 29.4 Å². The van der Waals surface area contributed by atoms with Gasteiger partial charge in [-0.25, -0.2) is 18.4 Å². The second kappa shape index (κ2) is 8.53. The van der Waals surface area contributed by atoms with Crippen LogP contribution in [0.25, 0.3) is 10.8 Å². The van der Waals surface area contributed by atoms with Crippen LogP contribution in [-0.4, -0.2) is 36.9 Å². The maximum atomic E-state index is 15.0. The smallest absolute Gasteiger partial charge is 0.297 e. The molecule has 34 heavy (non-hydrogen) atoms. The molecule has 0 amide bonds. The summed E-state index contributed by atoms with van der Waals surface area (Å²) in [6.45, 7) is 0.231. The van der Waals surface area contributed by atoms with E-state index in [9.17, 15) is 12.8 Å². The molecule has 0 radical (unpaired) electrons. The number of benzene rings is 3. The van der Waals surface area contributed by atoms with Crippen molar-refractivity contribution in [3.05, 3.63) is 90.0 Å². The average molecular weight is 486 g/mol. The number of hydrogen-bond donors (Lipinski definition) is 0. The molecule has 2 heterocycles. The summed E-state index contributed by atoms with van der Waals surface area (Å²) in [4.78, 5) is 3.99. The molecule has 0 unspecified atom stereocenters. The van der Waals surface area contributed by atoms with Gasteiger partial charge in [-0.15, -0.1) is 0 Å². The Labute approximate surface area is 195 Å². The van der Waals surface area contributed by atoms with Crippen LogP contribution in [0.5, 0.6) is 0 Å². The van der Waals surface area contributed by atoms with E-state index >= 15 is 4.39 Å². The van der Waals surface area contributed by atoms with Gasteiger partial charge in [-0.2, -0.15) is 13.5 Å². The monoisotopic (exact) mass is 485 g/mol. The van der Waals surface area contributed by atoms with Gasteiger partial charge >= 0.3 is 0 Å². The summed E-state index contributed by atoms with van der Waals surface area (Å²) in [6.07, 6.45) is 3.07. The first-order valence-electron chi connectivity index (χ1n) is 10.6. The first-order valence-corrected chi connectivity index (χ1v) is 12.0. The van der Waals surface area contributed by atoms with E-state index in [0.29, 0.717) is 5.56 Å². The molecular formula is C24H21F2N3O4S. The molecule has 176 valence electrons. The molecule has 0 saturated carbocycles. The van der Waals surface area contributed by atoms with Crippen molar-refractivity contribution in [1.82, 2.24) is 14.8 Å². The molecule has 1 fully saturated rings. The van der Waals surface area contributed by atoms with Crippen LogP contribution in [-0.2, 0) is 31.2 Å². The van der Waals surface area contributed by atoms with Gasteiger partial charge in [0.2, 0.25) is 0 Å². The molecule has 1 aliphatic heterocycles. The number of aromatic nitrogens is 3. The fraction of sp³-hybridized carbons (Fsp3) is 0.250. The molecule has 0 N–H and O–H groups in total. The van der Waals surface area contributed by atoms with E-state index in [2.05, 4.69) is 10.1 Å². The lowest BCUT2D eigenvalue weighted by Crippen LogP contribution is -2.32. The summed E-state index contributed by atoms with van der Waals surface area (Å²) < 4.78 is 66.9. The van der Waals surface area contributed by atoms with Gasteiger partial charge in [0, 0.05) is 17.5 Å². The highest BCUT2D eigenvalue weighted by Gasteiger charge is 2.46. The summed E-state index contributed by atoms with van der Waals surface area (Å²) in [5, 5.41) is 5.73. The van der Waals surface area contributed by atoms with Gasteiger partial charge in [0.25, 0.3) is 10.1 Å². The van der Waals surface area contributed by atoms with Crippen LogP contribution in [0.4, 0.5) is 8.78 Å². The molecule has 7 nitrogen and oxygen atoms in total. The minimum Gasteiger partial charge on any atom is -0.368 e. The molecule has 0 aliphatic carbocycles. The third-order valence-corrected chi connectivity index (χ3v) is 7.60. The molecule has 1 saturated heterocycles. The highest BCUT2D eigenvalue weighted by molar-refractivity contribution is 7.86. The van der Waals surface area contributed by atoms with Crippen LogP contribution in [0.3, 0.4) is 0 Å². The quantitative estimate of drug-likeness (QED) is 0.382. The maximum Gasteiger partial charge on any atom is 0.297 e. The first kappa shape index (κ1) is 22.6. The number of hydrogen-bond acceptors (Lipinski definition) is 6. The number of halogens is 2. The van der Waals surface area contributed by atoms with E-state index in [0.717, 1.165) is 23.9 Å². The van der Waals surface area contributed by atoms with Gasteiger partial charge in [-0.05, 0) is 34.9 Å². The largest absolute Gasteiger partial charge is 0.368 e. The van der Waals surface area contributed by atoms with Crippen molar-refractivity contribution in [2.75, 3.05) is 13.7 Å². The van der Waals surface area contributed by atoms with Gasteiger partial charge in [-0.3, -0.25) is 4.18 Å². The zero-order chi connectivity index (χ0) is 23.9. The molecule has 4 aromatic rings. The average Bonchev–Trinajstić information content (AvgIpc) is 3.49. The maximum absolute atomic E-state index is 15.0. The second-order valence-corrected chi connectivity index (χ2v) is 9.92. The van der Waals surface area contributed by atoms with E-state index < -0.39 is 33.3 Å². The van der Waals surface area contributed by atoms with E-state index in [4.69, 9.17) is 8.92 Å². The minimum absolute atomic E-state index is 0.0402. The molecule has 10 heteroatoms. The number of fused-ring (bicyclic) bond motifs is 1. The van der Waals surface area contributed by atoms with Gasteiger partial charge in [0.05, 0.1) is 25.2 Å². The van der Waals surface area contributed by atoms with Gasteiger partial charge in [-0.1, -0.05) is 36.4 Å². The van der Waals surface area contributed by atoms with Crippen LogP contribution in [0.15, 0.2) is 72.1 Å². The van der Waals surface area contributed by atoms with Gasteiger partial charge < -0.3 is 4.74 Å². The highest BCUT2D eigenvalue weighted by atomic mass is 32.2. The van der Waals surface area contributed by atoms with Crippen molar-refractivity contribution in [2.24, 2.45) is 0 Å². The molecule has 1 aliphatic rings. The fourth-order valence-electron chi connectivity index (χ4n) is 4.78. The molecule has 0 spiro atoms. The number of rotatable bonds is 6. The molecule has 0 bridgehead atoms. The summed E-state index contributed by atoms with van der Waals surface area (Å²) in [5.41, 5.74) is -0.507. The molecule has 5 rings (SSSR count). The van der Waals surface area contributed by atoms with Crippen LogP contribution in [0, 0.1) is 11.6 Å². The number of ether oxygens (including phenoxy) is 1. The predicted molar refractivity (Wildman–Crippen MR) is 120 cm³/mol. The second-order valence-electron chi connectivity index (χ2n) is 8.24. The Kier molecular flexibility index (Phi) is 5.67. The lowest BCUT2D eigenvalue weighted by Gasteiger charge is -2.29. The zero-order valence-electron chi connectivity index (χ0n) is 18.2. The van der Waals surface area contributed by atoms with Crippen molar-refractivity contribution >= 4 is 20.9 Å². The van der Waals surface area contributed by atoms with Crippen molar-refractivity contribution in [1.29, 1.82) is 0 Å². The van der Waals surface area contributed by atoms with Crippen molar-refractivity contribution < 1.29 is 26.1 Å². The van der Waals surface area contributed by atoms with Crippen LogP contribution in [0.2, 0.25) is 0 Å². The third-order valence-electron chi connectivity index (χ3n) is 6.27. The Bertz CT molecular complexity index is 1460. The Morgan fingerprint density at radius 1 is 1.18 bits per heavy atom. The Morgan fingerprint density at radius 3 is 2.74 bits per heavy atom. The van der Waals surface area contributed by atoms with E-state index in [1.54, 1.807) is 6.07 Å². The van der Waals surface area contributed by atoms with Crippen molar-refractivity contribution in [3.63, 3.8) is 0 Å². The topological polar surface area (TPSA) is 83.3 Å². The molecular weight excluding hydrogens is 464 g/mol. The van der Waals surface area contributed by atoms with Gasteiger partial charge in [0.1, 0.15) is 29.9 Å². The van der Waals surface area contributed by atoms with E-state index in [1.807, 2.05) is 24.3 Å². The van der Waals surface area contributed by atoms with Crippen LogP contribution < -0.4 is 0 Å². The predicted octanol–water partition coefficient (Wildman–Crippen LogP) is 4.14. The summed E-state index contributed by atoms with van der Waals surface area (Å²) in [5.74, 6) is -1.86. The van der Waals surface area contributed by atoms with Crippen LogP contribution in [0.1, 0.15) is 23.5 Å². The minimum atomic E-state index is -4.03. The van der Waals surface area contributed by atoms with Crippen LogP contribution >= 0.6 is 0 Å². The normalized spacial score (nSPS) is 20.7. The third kappa shape index (κ3) is 3.87. The van der Waals surface area contributed by atoms with E-state index in [1.165, 1.54) is 35.5 Å². The SMILES string of the molecule is COS(=O)(=O)c1ccc2ccccc2c1[C@H]1CO[C@@](Cn2cncn2)(c2ccc(F)cc2F)C1. The fourth-order valence-corrected chi connectivity index (χ4v) is 5.74. The van der Waals surface area contributed by atoms with Crippen molar-refractivity contribution in [3.8, 4) is 0 Å². The Morgan fingerprint density at radius 2 is 2.00 bits per heavy atom. The molecule has 2 atom stereocenters. The summed E-state index contributed by atoms with van der Waals surface area (Å²) in [7, 11) is -2.92. The Balaban J connectivity index is 1.67. The lowest BCUT2D eigenvalue weighted by atomic mass is 9.83. The highest BCUT2D eigenvalue weighted by Crippen LogP contribution is 2.48. The summed E-state index contributed by atoms with van der Waals surface area (Å²) in [6, 6.07) is 14.0. The summed E-state index contributed by atoms with van der Waals surface area (Å²) >= 11 is 0. The number of nitrogens with zero attached hydrogens (tertiary/aromatic N) is 3. The zero-order valence-corrected chi connectivity index (χ0v) is 19.0. The standard InChI is InChI=1S/C24H21F2N3O4S/c1-32-34(30,31)22-9-6-16-4-2-3-5-19(16)23(22)17-11-24(33-12-17,13-29-15-27-14-28-29)20-8-7-18(25)10-21(20)26/h2-10,14-15,17H,11-13H2,1H3/t17-,24+/m1/s1. The van der Waals surface area contributed by atoms with E-state index in [-0.39, 0.29) is 30.0 Å².